The minimum absolute atomic E-state index is 0.137. The number of fused-ring (bicyclic) bond motifs is 1. The Labute approximate surface area is 178 Å². The minimum atomic E-state index is -0.595. The summed E-state index contributed by atoms with van der Waals surface area (Å²) < 4.78 is 29.1. The zero-order valence-corrected chi connectivity index (χ0v) is 17.6. The van der Waals surface area contributed by atoms with Crippen LogP contribution in [0.1, 0.15) is 29.7 Å². The van der Waals surface area contributed by atoms with E-state index in [9.17, 15) is 8.78 Å². The molecular formula is C23H21ClF2N4. The van der Waals surface area contributed by atoms with Gasteiger partial charge in [0.2, 0.25) is 0 Å². The number of hydrogen-bond acceptors (Lipinski definition) is 3. The number of rotatable bonds is 4. The van der Waals surface area contributed by atoms with Crippen molar-refractivity contribution in [1.82, 2.24) is 14.8 Å². The summed E-state index contributed by atoms with van der Waals surface area (Å²) in [6.45, 7) is 3.96. The molecule has 0 aliphatic rings. The Hall–Kier alpha value is -2.99. The summed E-state index contributed by atoms with van der Waals surface area (Å²) in [6.07, 6.45) is 0.414. The molecule has 2 aromatic heterocycles. The maximum absolute atomic E-state index is 13.7. The van der Waals surface area contributed by atoms with Gasteiger partial charge in [0.15, 0.2) is 5.82 Å². The van der Waals surface area contributed by atoms with Gasteiger partial charge in [-0.15, -0.1) is 0 Å². The van der Waals surface area contributed by atoms with Gasteiger partial charge in [-0.05, 0) is 48.7 Å². The van der Waals surface area contributed by atoms with E-state index in [4.69, 9.17) is 17.3 Å². The summed E-state index contributed by atoms with van der Waals surface area (Å²) >= 11 is 6.21. The summed E-state index contributed by atoms with van der Waals surface area (Å²) in [4.78, 5) is 4.57. The molecular weight excluding hydrogens is 406 g/mol. The van der Waals surface area contributed by atoms with Crippen molar-refractivity contribution >= 4 is 28.3 Å². The van der Waals surface area contributed by atoms with Crippen LogP contribution in [-0.4, -0.2) is 14.8 Å². The van der Waals surface area contributed by atoms with Crippen LogP contribution >= 0.6 is 11.6 Å². The van der Waals surface area contributed by atoms with Crippen molar-refractivity contribution in [1.29, 1.82) is 0 Å². The Morgan fingerprint density at radius 1 is 1.07 bits per heavy atom. The third-order valence-electron chi connectivity index (χ3n) is 5.34. The third-order valence-corrected chi connectivity index (χ3v) is 5.55. The summed E-state index contributed by atoms with van der Waals surface area (Å²) in [7, 11) is 1.85. The maximum Gasteiger partial charge on any atom is 0.153 e. The molecule has 4 rings (SSSR count). The second-order valence-electron chi connectivity index (χ2n) is 7.61. The molecule has 0 aliphatic heterocycles. The van der Waals surface area contributed by atoms with Crippen LogP contribution in [0.4, 0.5) is 14.6 Å². The molecule has 0 bridgehead atoms. The van der Waals surface area contributed by atoms with Crippen LogP contribution in [0.5, 0.6) is 0 Å². The Morgan fingerprint density at radius 2 is 1.73 bits per heavy atom. The van der Waals surface area contributed by atoms with E-state index in [1.54, 1.807) is 10.7 Å². The molecule has 0 fully saturated rings. The summed E-state index contributed by atoms with van der Waals surface area (Å²) in [5, 5.41) is 5.64. The molecule has 0 aliphatic carbocycles. The Morgan fingerprint density at radius 3 is 2.43 bits per heavy atom. The molecule has 1 atom stereocenters. The molecule has 2 N–H and O–H groups in total. The van der Waals surface area contributed by atoms with Gasteiger partial charge >= 0.3 is 0 Å². The molecule has 4 nitrogen and oxygen atoms in total. The molecule has 0 radical (unpaired) electrons. The van der Waals surface area contributed by atoms with Crippen LogP contribution < -0.4 is 5.73 Å². The van der Waals surface area contributed by atoms with Crippen molar-refractivity contribution in [3.63, 3.8) is 0 Å². The number of pyridine rings is 1. The highest BCUT2D eigenvalue weighted by molar-refractivity contribution is 6.29. The second-order valence-corrected chi connectivity index (χ2v) is 8.00. The van der Waals surface area contributed by atoms with Crippen LogP contribution in [0.25, 0.3) is 22.0 Å². The molecule has 0 saturated heterocycles. The van der Waals surface area contributed by atoms with Crippen molar-refractivity contribution in [2.75, 3.05) is 5.73 Å². The van der Waals surface area contributed by atoms with Crippen LogP contribution in [0, 0.1) is 18.6 Å². The topological polar surface area (TPSA) is 56.7 Å². The van der Waals surface area contributed by atoms with Crippen molar-refractivity contribution in [3.8, 4) is 11.1 Å². The molecule has 0 amide bonds. The lowest BCUT2D eigenvalue weighted by molar-refractivity contribution is 0.577. The number of nitrogens with zero attached hydrogens (tertiary/aromatic N) is 3. The van der Waals surface area contributed by atoms with Gasteiger partial charge in [-0.1, -0.05) is 30.7 Å². The number of nitrogens with two attached hydrogens (primary N) is 1. The number of aromatic nitrogens is 3. The number of halogens is 3. The zero-order valence-electron chi connectivity index (χ0n) is 16.9. The van der Waals surface area contributed by atoms with E-state index in [-0.39, 0.29) is 5.92 Å². The van der Waals surface area contributed by atoms with E-state index in [2.05, 4.69) is 10.1 Å². The van der Waals surface area contributed by atoms with Crippen LogP contribution in [-0.2, 0) is 13.5 Å². The third kappa shape index (κ3) is 3.63. The molecule has 2 heterocycles. The van der Waals surface area contributed by atoms with Gasteiger partial charge in [-0.25, -0.2) is 13.8 Å². The quantitative estimate of drug-likeness (QED) is 0.419. The lowest BCUT2D eigenvalue weighted by Gasteiger charge is -2.18. The van der Waals surface area contributed by atoms with Crippen molar-refractivity contribution in [3.05, 3.63) is 76.1 Å². The first-order chi connectivity index (χ1) is 14.2. The number of hydrogen-bond donors (Lipinski definition) is 1. The highest BCUT2D eigenvalue weighted by Gasteiger charge is 2.20. The van der Waals surface area contributed by atoms with Crippen LogP contribution in [0.3, 0.4) is 0 Å². The van der Waals surface area contributed by atoms with E-state index in [1.165, 1.54) is 12.1 Å². The molecule has 154 valence electrons. The second kappa shape index (κ2) is 7.69. The van der Waals surface area contributed by atoms with Crippen molar-refractivity contribution < 1.29 is 8.78 Å². The smallest absolute Gasteiger partial charge is 0.153 e. The number of anilines is 1. The lowest BCUT2D eigenvalue weighted by atomic mass is 9.90. The van der Waals surface area contributed by atoms with E-state index in [1.807, 2.05) is 39.1 Å². The molecule has 4 aromatic rings. The average molecular weight is 427 g/mol. The number of aryl methyl sites for hydroxylation is 2. The van der Waals surface area contributed by atoms with Gasteiger partial charge in [0, 0.05) is 35.5 Å². The standard InChI is InChI=1S/C23H21ClF2N4/c1-12-4-5-18(22-20(12)23(27)29-30(22)3)17-6-7-19(24)28-21(17)13(2)8-14-9-15(25)11-16(26)10-14/h4-7,9-11,13H,8H2,1-3H3,(H2,27,29)/t13-/m0/s1. The summed E-state index contributed by atoms with van der Waals surface area (Å²) in [6, 6.07) is 11.2. The first-order valence-electron chi connectivity index (χ1n) is 9.58. The summed E-state index contributed by atoms with van der Waals surface area (Å²) in [5.41, 5.74) is 11.2. The van der Waals surface area contributed by atoms with E-state index in [0.717, 1.165) is 39.4 Å². The van der Waals surface area contributed by atoms with Gasteiger partial charge in [0.1, 0.15) is 16.8 Å². The predicted octanol–water partition coefficient (Wildman–Crippen LogP) is 5.80. The SMILES string of the molecule is Cc1ccc(-c2ccc(Cl)nc2[C@@H](C)Cc2cc(F)cc(F)c2)c2c1c(N)nn2C. The molecule has 2 aromatic carbocycles. The lowest BCUT2D eigenvalue weighted by Crippen LogP contribution is -2.05. The Kier molecular flexibility index (Phi) is 5.20. The Bertz CT molecular complexity index is 1250. The van der Waals surface area contributed by atoms with Crippen molar-refractivity contribution in [2.45, 2.75) is 26.2 Å². The van der Waals surface area contributed by atoms with E-state index < -0.39 is 11.6 Å². The van der Waals surface area contributed by atoms with Gasteiger partial charge in [0.05, 0.1) is 11.2 Å². The minimum Gasteiger partial charge on any atom is -0.382 e. The highest BCUT2D eigenvalue weighted by atomic mass is 35.5. The van der Waals surface area contributed by atoms with Gasteiger partial charge in [0.25, 0.3) is 0 Å². The highest BCUT2D eigenvalue weighted by Crippen LogP contribution is 2.37. The maximum atomic E-state index is 13.7. The van der Waals surface area contributed by atoms with E-state index >= 15 is 0 Å². The van der Waals surface area contributed by atoms with Gasteiger partial charge < -0.3 is 5.73 Å². The number of nitrogen functional groups attached to an aromatic ring is 1. The zero-order chi connectivity index (χ0) is 21.6. The first kappa shape index (κ1) is 20.3. The van der Waals surface area contributed by atoms with Crippen molar-refractivity contribution in [2.24, 2.45) is 7.05 Å². The predicted molar refractivity (Wildman–Crippen MR) is 117 cm³/mol. The summed E-state index contributed by atoms with van der Waals surface area (Å²) in [5.74, 6) is -0.857. The Balaban J connectivity index is 1.86. The molecule has 0 unspecified atom stereocenters. The fraction of sp³-hybridized carbons (Fsp3) is 0.217. The van der Waals surface area contributed by atoms with Crippen LogP contribution in [0.15, 0.2) is 42.5 Å². The molecule has 7 heteroatoms. The van der Waals surface area contributed by atoms with Gasteiger partial charge in [-0.3, -0.25) is 4.68 Å². The number of benzene rings is 2. The molecule has 0 spiro atoms. The normalized spacial score (nSPS) is 12.5. The largest absolute Gasteiger partial charge is 0.382 e. The molecule has 30 heavy (non-hydrogen) atoms. The van der Waals surface area contributed by atoms with Crippen LogP contribution in [0.2, 0.25) is 5.15 Å². The monoisotopic (exact) mass is 426 g/mol. The molecule has 0 saturated carbocycles. The fourth-order valence-corrected chi connectivity index (χ4v) is 4.22. The fourth-order valence-electron chi connectivity index (χ4n) is 4.06. The van der Waals surface area contributed by atoms with Gasteiger partial charge in [-0.2, -0.15) is 5.10 Å². The van der Waals surface area contributed by atoms with E-state index in [0.29, 0.717) is 23.0 Å². The first-order valence-corrected chi connectivity index (χ1v) is 9.96. The average Bonchev–Trinajstić information content (AvgIpc) is 2.97.